The predicted molar refractivity (Wildman–Crippen MR) is 79.5 cm³/mol. The summed E-state index contributed by atoms with van der Waals surface area (Å²) in [7, 11) is 0. The van der Waals surface area contributed by atoms with Crippen LogP contribution in [0.5, 0.6) is 5.75 Å². The van der Waals surface area contributed by atoms with Crippen molar-refractivity contribution in [3.8, 4) is 5.75 Å². The Morgan fingerprint density at radius 2 is 1.89 bits per heavy atom. The molecule has 3 heteroatoms. The fraction of sp³-hybridized carbons (Fsp3) is 0.625. The first kappa shape index (κ1) is 16.0. The number of aliphatic hydroxyl groups is 1. The Morgan fingerprint density at radius 1 is 1.21 bits per heavy atom. The lowest BCUT2D eigenvalue weighted by atomic mass is 10.0. The van der Waals surface area contributed by atoms with Crippen molar-refractivity contribution in [2.75, 3.05) is 13.2 Å². The molecule has 3 atom stereocenters. The minimum Gasteiger partial charge on any atom is -0.491 e. The lowest BCUT2D eigenvalue weighted by Crippen LogP contribution is -2.37. The van der Waals surface area contributed by atoms with Gasteiger partial charge in [0.2, 0.25) is 0 Å². The van der Waals surface area contributed by atoms with Gasteiger partial charge in [-0.15, -0.1) is 0 Å². The first-order valence-corrected chi connectivity index (χ1v) is 7.21. The zero-order valence-electron chi connectivity index (χ0n) is 12.3. The highest BCUT2D eigenvalue weighted by Gasteiger charge is 2.10. The van der Waals surface area contributed by atoms with Crippen LogP contribution in [0.2, 0.25) is 0 Å². The van der Waals surface area contributed by atoms with Crippen LogP contribution in [0, 0.1) is 5.92 Å². The zero-order valence-corrected chi connectivity index (χ0v) is 12.3. The summed E-state index contributed by atoms with van der Waals surface area (Å²) in [5.41, 5.74) is 0. The van der Waals surface area contributed by atoms with Crippen LogP contribution in [0.4, 0.5) is 0 Å². The van der Waals surface area contributed by atoms with Crippen molar-refractivity contribution < 1.29 is 9.84 Å². The molecule has 0 aliphatic rings. The molecule has 3 unspecified atom stereocenters. The molecular weight excluding hydrogens is 238 g/mol. The standard InChI is InChI=1S/C16H27NO2/c1-4-13(2)10-14(3)17-11-15(18)12-19-16-8-6-5-7-9-16/h5-9,13-15,17-18H,4,10-12H2,1-3H3. The first-order valence-electron chi connectivity index (χ1n) is 7.21. The average Bonchev–Trinajstić information content (AvgIpc) is 2.43. The third-order valence-electron chi connectivity index (χ3n) is 3.34. The zero-order chi connectivity index (χ0) is 14.1. The van der Waals surface area contributed by atoms with E-state index in [1.54, 1.807) is 0 Å². The molecule has 0 aromatic heterocycles. The molecule has 0 aliphatic carbocycles. The number of ether oxygens (including phenoxy) is 1. The van der Waals surface area contributed by atoms with Crippen molar-refractivity contribution in [1.82, 2.24) is 5.32 Å². The van der Waals surface area contributed by atoms with Gasteiger partial charge in [-0.2, -0.15) is 0 Å². The van der Waals surface area contributed by atoms with Gasteiger partial charge in [-0.3, -0.25) is 0 Å². The molecular formula is C16H27NO2. The molecule has 2 N–H and O–H groups in total. The Hall–Kier alpha value is -1.06. The van der Waals surface area contributed by atoms with Crippen molar-refractivity contribution in [3.05, 3.63) is 30.3 Å². The van der Waals surface area contributed by atoms with Gasteiger partial charge in [-0.1, -0.05) is 38.5 Å². The van der Waals surface area contributed by atoms with Gasteiger partial charge in [0.15, 0.2) is 0 Å². The maximum atomic E-state index is 9.86. The van der Waals surface area contributed by atoms with Crippen LogP contribution >= 0.6 is 0 Å². The minimum absolute atomic E-state index is 0.326. The number of benzene rings is 1. The van der Waals surface area contributed by atoms with Gasteiger partial charge in [-0.25, -0.2) is 0 Å². The summed E-state index contributed by atoms with van der Waals surface area (Å²) in [4.78, 5) is 0. The second-order valence-corrected chi connectivity index (χ2v) is 5.34. The SMILES string of the molecule is CCC(C)CC(C)NCC(O)COc1ccccc1. The number of hydrogen-bond acceptors (Lipinski definition) is 3. The van der Waals surface area contributed by atoms with E-state index in [0.29, 0.717) is 19.2 Å². The van der Waals surface area contributed by atoms with E-state index >= 15 is 0 Å². The van der Waals surface area contributed by atoms with Gasteiger partial charge in [0, 0.05) is 12.6 Å². The van der Waals surface area contributed by atoms with Crippen LogP contribution in [-0.2, 0) is 0 Å². The Balaban J connectivity index is 2.15. The molecule has 0 amide bonds. The largest absolute Gasteiger partial charge is 0.491 e. The lowest BCUT2D eigenvalue weighted by Gasteiger charge is -2.20. The fourth-order valence-electron chi connectivity index (χ4n) is 1.96. The van der Waals surface area contributed by atoms with Crippen molar-refractivity contribution in [2.45, 2.75) is 45.8 Å². The first-order chi connectivity index (χ1) is 9.11. The van der Waals surface area contributed by atoms with Gasteiger partial charge in [0.1, 0.15) is 18.5 Å². The molecule has 108 valence electrons. The van der Waals surface area contributed by atoms with Crippen LogP contribution < -0.4 is 10.1 Å². The molecule has 0 saturated carbocycles. The quantitative estimate of drug-likeness (QED) is 0.721. The average molecular weight is 265 g/mol. The summed E-state index contributed by atoms with van der Waals surface area (Å²) in [5, 5.41) is 13.2. The molecule has 0 heterocycles. The summed E-state index contributed by atoms with van der Waals surface area (Å²) < 4.78 is 5.51. The van der Waals surface area contributed by atoms with Gasteiger partial charge in [0.25, 0.3) is 0 Å². The molecule has 0 radical (unpaired) electrons. The Morgan fingerprint density at radius 3 is 2.53 bits per heavy atom. The van der Waals surface area contributed by atoms with E-state index in [4.69, 9.17) is 4.74 Å². The van der Waals surface area contributed by atoms with Gasteiger partial charge in [0.05, 0.1) is 0 Å². The van der Waals surface area contributed by atoms with Crippen molar-refractivity contribution in [1.29, 1.82) is 0 Å². The molecule has 19 heavy (non-hydrogen) atoms. The molecule has 1 rings (SSSR count). The molecule has 0 bridgehead atoms. The van der Waals surface area contributed by atoms with E-state index in [-0.39, 0.29) is 0 Å². The van der Waals surface area contributed by atoms with Crippen molar-refractivity contribution in [2.24, 2.45) is 5.92 Å². The van der Waals surface area contributed by atoms with Gasteiger partial charge in [-0.05, 0) is 31.4 Å². The van der Waals surface area contributed by atoms with E-state index in [0.717, 1.165) is 18.1 Å². The highest BCUT2D eigenvalue weighted by molar-refractivity contribution is 5.20. The molecule has 1 aromatic carbocycles. The van der Waals surface area contributed by atoms with Crippen LogP contribution in [0.25, 0.3) is 0 Å². The van der Waals surface area contributed by atoms with Gasteiger partial charge < -0.3 is 15.2 Å². The Bertz CT molecular complexity index is 329. The van der Waals surface area contributed by atoms with Crippen molar-refractivity contribution >= 4 is 0 Å². The van der Waals surface area contributed by atoms with E-state index < -0.39 is 6.10 Å². The highest BCUT2D eigenvalue weighted by atomic mass is 16.5. The third-order valence-corrected chi connectivity index (χ3v) is 3.34. The molecule has 1 aromatic rings. The molecule has 3 nitrogen and oxygen atoms in total. The summed E-state index contributed by atoms with van der Waals surface area (Å²) in [5.74, 6) is 1.52. The molecule has 0 fully saturated rings. The summed E-state index contributed by atoms with van der Waals surface area (Å²) in [6.45, 7) is 7.53. The minimum atomic E-state index is -0.473. The second kappa shape index (κ2) is 8.94. The normalized spacial score (nSPS) is 15.8. The van der Waals surface area contributed by atoms with E-state index in [1.165, 1.54) is 6.42 Å². The van der Waals surface area contributed by atoms with Crippen LogP contribution in [0.15, 0.2) is 30.3 Å². The molecule has 0 spiro atoms. The molecule has 0 saturated heterocycles. The van der Waals surface area contributed by atoms with E-state index in [1.807, 2.05) is 30.3 Å². The maximum Gasteiger partial charge on any atom is 0.119 e. The highest BCUT2D eigenvalue weighted by Crippen LogP contribution is 2.10. The maximum absolute atomic E-state index is 9.86. The van der Waals surface area contributed by atoms with E-state index in [2.05, 4.69) is 26.1 Å². The number of nitrogens with one attached hydrogen (secondary N) is 1. The number of aliphatic hydroxyl groups excluding tert-OH is 1. The Kier molecular flexibility index (Phi) is 7.53. The number of para-hydroxylation sites is 1. The van der Waals surface area contributed by atoms with Crippen LogP contribution in [0.3, 0.4) is 0 Å². The topological polar surface area (TPSA) is 41.5 Å². The smallest absolute Gasteiger partial charge is 0.119 e. The summed E-state index contributed by atoms with van der Waals surface area (Å²) in [6.07, 6.45) is 1.87. The summed E-state index contributed by atoms with van der Waals surface area (Å²) in [6, 6.07) is 10.0. The molecule has 0 aliphatic heterocycles. The van der Waals surface area contributed by atoms with Crippen molar-refractivity contribution in [3.63, 3.8) is 0 Å². The van der Waals surface area contributed by atoms with E-state index in [9.17, 15) is 5.11 Å². The lowest BCUT2D eigenvalue weighted by molar-refractivity contribution is 0.103. The predicted octanol–water partition coefficient (Wildman–Crippen LogP) is 2.84. The monoisotopic (exact) mass is 265 g/mol. The Labute approximate surface area is 117 Å². The van der Waals surface area contributed by atoms with Crippen LogP contribution in [0.1, 0.15) is 33.6 Å². The van der Waals surface area contributed by atoms with Crippen LogP contribution in [-0.4, -0.2) is 30.4 Å². The summed E-state index contributed by atoms with van der Waals surface area (Å²) >= 11 is 0. The number of rotatable bonds is 9. The fourth-order valence-corrected chi connectivity index (χ4v) is 1.96. The third kappa shape index (κ3) is 7.19. The number of hydrogen-bond donors (Lipinski definition) is 2. The second-order valence-electron chi connectivity index (χ2n) is 5.34. The van der Waals surface area contributed by atoms with Gasteiger partial charge >= 0.3 is 0 Å².